The van der Waals surface area contributed by atoms with Crippen LogP contribution in [-0.2, 0) is 11.8 Å². The molecule has 3 fully saturated rings. The fraction of sp³-hybridized carbons (Fsp3) is 0.800. The van der Waals surface area contributed by atoms with E-state index < -0.39 is 0 Å². The number of fused-ring (bicyclic) bond motifs is 2. The summed E-state index contributed by atoms with van der Waals surface area (Å²) in [4.78, 5) is 12.1. The van der Waals surface area contributed by atoms with Gasteiger partial charge < -0.3 is 16.0 Å². The molecule has 5 heteroatoms. The van der Waals surface area contributed by atoms with Gasteiger partial charge in [-0.3, -0.25) is 0 Å². The molecule has 1 atom stereocenters. The van der Waals surface area contributed by atoms with Gasteiger partial charge in [-0.1, -0.05) is 12.8 Å². The standard InChI is InChI=1S/C20H31N5/c21-18-23-16-15(6-3-9-19(16)7-1-2-8-19)17(24-18)25-13-5-11-20(14-25)10-4-12-22-20/h22H,1-14H2,(H2,21,23,24). The number of nitrogen functional groups attached to an aromatic ring is 1. The topological polar surface area (TPSA) is 67.1 Å². The molecule has 0 radical (unpaired) electrons. The minimum Gasteiger partial charge on any atom is -0.368 e. The molecule has 2 spiro atoms. The second-order valence-corrected chi connectivity index (χ2v) is 8.91. The van der Waals surface area contributed by atoms with Crippen LogP contribution in [0.5, 0.6) is 0 Å². The Morgan fingerprint density at radius 3 is 2.52 bits per heavy atom. The van der Waals surface area contributed by atoms with Crippen LogP contribution in [0.2, 0.25) is 0 Å². The monoisotopic (exact) mass is 341 g/mol. The van der Waals surface area contributed by atoms with E-state index in [-0.39, 0.29) is 0 Å². The molecular weight excluding hydrogens is 310 g/mol. The molecule has 5 nitrogen and oxygen atoms in total. The first-order valence-corrected chi connectivity index (χ1v) is 10.4. The average Bonchev–Trinajstić information content (AvgIpc) is 3.26. The van der Waals surface area contributed by atoms with Crippen molar-refractivity contribution in [3.05, 3.63) is 11.3 Å². The smallest absolute Gasteiger partial charge is 0.222 e. The van der Waals surface area contributed by atoms with Crippen LogP contribution in [-0.4, -0.2) is 35.1 Å². The van der Waals surface area contributed by atoms with E-state index in [2.05, 4.69) is 10.2 Å². The van der Waals surface area contributed by atoms with Crippen LogP contribution >= 0.6 is 0 Å². The van der Waals surface area contributed by atoms with Crippen molar-refractivity contribution >= 4 is 11.8 Å². The fourth-order valence-electron chi connectivity index (χ4n) is 6.21. The highest BCUT2D eigenvalue weighted by atomic mass is 15.3. The van der Waals surface area contributed by atoms with Crippen molar-refractivity contribution < 1.29 is 0 Å². The zero-order valence-corrected chi connectivity index (χ0v) is 15.3. The fourth-order valence-corrected chi connectivity index (χ4v) is 6.21. The van der Waals surface area contributed by atoms with Gasteiger partial charge in [-0.05, 0) is 64.3 Å². The number of aromatic nitrogens is 2. The van der Waals surface area contributed by atoms with Gasteiger partial charge in [0.25, 0.3) is 0 Å². The number of hydrogen-bond acceptors (Lipinski definition) is 5. The van der Waals surface area contributed by atoms with Gasteiger partial charge in [-0.2, -0.15) is 4.98 Å². The van der Waals surface area contributed by atoms with E-state index >= 15 is 0 Å². The van der Waals surface area contributed by atoms with E-state index in [4.69, 9.17) is 15.7 Å². The lowest BCUT2D eigenvalue weighted by Gasteiger charge is -2.43. The van der Waals surface area contributed by atoms with Gasteiger partial charge in [-0.15, -0.1) is 0 Å². The SMILES string of the molecule is Nc1nc(N2CCCC3(CCCN3)C2)c2c(n1)C1(CCCC1)CCC2. The summed E-state index contributed by atoms with van der Waals surface area (Å²) in [6, 6.07) is 0. The molecule has 2 saturated heterocycles. The van der Waals surface area contributed by atoms with E-state index in [0.717, 1.165) is 19.5 Å². The van der Waals surface area contributed by atoms with Crippen molar-refractivity contribution in [3.63, 3.8) is 0 Å². The minimum absolute atomic E-state index is 0.304. The highest BCUT2D eigenvalue weighted by Crippen LogP contribution is 2.50. The van der Waals surface area contributed by atoms with Crippen LogP contribution < -0.4 is 16.0 Å². The normalized spacial score (nSPS) is 31.0. The number of nitrogens with two attached hydrogens (primary N) is 1. The van der Waals surface area contributed by atoms with Gasteiger partial charge in [0.2, 0.25) is 5.95 Å². The number of piperidine rings is 1. The Bertz CT molecular complexity index is 658. The first kappa shape index (κ1) is 15.9. The summed E-state index contributed by atoms with van der Waals surface area (Å²) in [6.45, 7) is 3.36. The lowest BCUT2D eigenvalue weighted by atomic mass is 9.71. The Labute approximate surface area is 150 Å². The molecule has 0 bridgehead atoms. The molecule has 1 unspecified atom stereocenters. The van der Waals surface area contributed by atoms with Crippen molar-refractivity contribution in [3.8, 4) is 0 Å². The van der Waals surface area contributed by atoms with Gasteiger partial charge in [0.15, 0.2) is 0 Å². The van der Waals surface area contributed by atoms with Gasteiger partial charge >= 0.3 is 0 Å². The molecule has 1 saturated carbocycles. The number of hydrogen-bond donors (Lipinski definition) is 2. The quantitative estimate of drug-likeness (QED) is 0.822. The molecule has 1 aromatic heterocycles. The molecular formula is C20H31N5. The van der Waals surface area contributed by atoms with E-state index in [9.17, 15) is 0 Å². The third-order valence-electron chi connectivity index (χ3n) is 7.36. The number of nitrogens with zero attached hydrogens (tertiary/aromatic N) is 3. The summed E-state index contributed by atoms with van der Waals surface area (Å²) in [6.07, 6.45) is 14.1. The summed E-state index contributed by atoms with van der Waals surface area (Å²) in [5.41, 5.74) is 9.58. The van der Waals surface area contributed by atoms with Crippen molar-refractivity contribution in [1.82, 2.24) is 15.3 Å². The maximum absolute atomic E-state index is 6.22. The van der Waals surface area contributed by atoms with Crippen molar-refractivity contribution in [1.29, 1.82) is 0 Å². The van der Waals surface area contributed by atoms with E-state index in [1.54, 1.807) is 0 Å². The third kappa shape index (κ3) is 2.54. The highest BCUT2D eigenvalue weighted by molar-refractivity contribution is 5.55. The molecule has 136 valence electrons. The van der Waals surface area contributed by atoms with Crippen LogP contribution in [0.1, 0.15) is 75.5 Å². The molecule has 2 aliphatic heterocycles. The first-order chi connectivity index (χ1) is 12.2. The van der Waals surface area contributed by atoms with Gasteiger partial charge in [0, 0.05) is 29.6 Å². The van der Waals surface area contributed by atoms with Crippen molar-refractivity contribution in [2.75, 3.05) is 30.3 Å². The summed E-state index contributed by atoms with van der Waals surface area (Å²) in [5, 5.41) is 3.80. The zero-order valence-electron chi connectivity index (χ0n) is 15.3. The van der Waals surface area contributed by atoms with E-state index in [1.165, 1.54) is 87.8 Å². The Morgan fingerprint density at radius 2 is 1.72 bits per heavy atom. The van der Waals surface area contributed by atoms with Crippen LogP contribution in [0.15, 0.2) is 0 Å². The van der Waals surface area contributed by atoms with Crippen molar-refractivity contribution in [2.24, 2.45) is 0 Å². The summed E-state index contributed by atoms with van der Waals surface area (Å²) in [5.74, 6) is 1.65. The van der Waals surface area contributed by atoms with Gasteiger partial charge in [-0.25, -0.2) is 4.98 Å². The summed E-state index contributed by atoms with van der Waals surface area (Å²) >= 11 is 0. The van der Waals surface area contributed by atoms with Crippen LogP contribution in [0.25, 0.3) is 0 Å². The first-order valence-electron chi connectivity index (χ1n) is 10.4. The number of rotatable bonds is 1. The molecule has 4 aliphatic rings. The number of anilines is 2. The molecule has 2 aliphatic carbocycles. The van der Waals surface area contributed by atoms with E-state index in [0.29, 0.717) is 16.9 Å². The van der Waals surface area contributed by atoms with E-state index in [1.807, 2.05) is 0 Å². The molecule has 3 N–H and O–H groups in total. The maximum atomic E-state index is 6.22. The molecule has 0 amide bonds. The van der Waals surface area contributed by atoms with Gasteiger partial charge in [0.1, 0.15) is 5.82 Å². The third-order valence-corrected chi connectivity index (χ3v) is 7.36. The van der Waals surface area contributed by atoms with Crippen LogP contribution in [0.4, 0.5) is 11.8 Å². The zero-order chi connectivity index (χ0) is 16.9. The number of nitrogens with one attached hydrogen (secondary N) is 1. The van der Waals surface area contributed by atoms with Gasteiger partial charge in [0.05, 0.1) is 5.69 Å². The second kappa shape index (κ2) is 5.83. The Balaban J connectivity index is 1.54. The average molecular weight is 342 g/mol. The summed E-state index contributed by atoms with van der Waals surface area (Å²) in [7, 11) is 0. The largest absolute Gasteiger partial charge is 0.368 e. The maximum Gasteiger partial charge on any atom is 0.222 e. The Morgan fingerprint density at radius 1 is 0.920 bits per heavy atom. The second-order valence-electron chi connectivity index (χ2n) is 8.91. The molecule has 5 rings (SSSR count). The van der Waals surface area contributed by atoms with Crippen LogP contribution in [0, 0.1) is 0 Å². The molecule has 0 aromatic carbocycles. The minimum atomic E-state index is 0.304. The predicted octanol–water partition coefficient (Wildman–Crippen LogP) is 2.93. The molecule has 25 heavy (non-hydrogen) atoms. The molecule has 1 aromatic rings. The van der Waals surface area contributed by atoms with Crippen molar-refractivity contribution in [2.45, 2.75) is 81.6 Å². The lowest BCUT2D eigenvalue weighted by Crippen LogP contribution is -2.54. The lowest BCUT2D eigenvalue weighted by molar-refractivity contribution is 0.305. The summed E-state index contributed by atoms with van der Waals surface area (Å²) < 4.78 is 0. The predicted molar refractivity (Wildman–Crippen MR) is 101 cm³/mol. The van der Waals surface area contributed by atoms with Crippen LogP contribution in [0.3, 0.4) is 0 Å². The molecule has 3 heterocycles. The Kier molecular flexibility index (Phi) is 3.70. The highest BCUT2D eigenvalue weighted by Gasteiger charge is 2.44. The Hall–Kier alpha value is -1.36.